The number of fused-ring (bicyclic) bond motifs is 1. The first kappa shape index (κ1) is 16.0. The van der Waals surface area contributed by atoms with Crippen LogP contribution in [0.5, 0.6) is 5.75 Å². The Morgan fingerprint density at radius 3 is 2.75 bits per heavy atom. The highest BCUT2D eigenvalue weighted by molar-refractivity contribution is 7.97. The van der Waals surface area contributed by atoms with E-state index in [0.717, 1.165) is 36.7 Å². The molecule has 0 bridgehead atoms. The normalized spacial score (nSPS) is 20.6. The Balaban J connectivity index is 1.50. The van der Waals surface area contributed by atoms with Crippen molar-refractivity contribution in [3.8, 4) is 17.0 Å². The molecule has 0 spiro atoms. The summed E-state index contributed by atoms with van der Waals surface area (Å²) in [5.74, 6) is 2.72. The van der Waals surface area contributed by atoms with Gasteiger partial charge in [0.1, 0.15) is 11.9 Å². The fraction of sp³-hybridized carbons (Fsp3) is 0.450. The van der Waals surface area contributed by atoms with Crippen LogP contribution in [-0.4, -0.2) is 30.4 Å². The van der Waals surface area contributed by atoms with Gasteiger partial charge >= 0.3 is 0 Å². The Morgan fingerprint density at radius 2 is 2.00 bits per heavy atom. The fourth-order valence-corrected chi connectivity index (χ4v) is 4.27. The van der Waals surface area contributed by atoms with E-state index in [0.29, 0.717) is 12.0 Å². The molecule has 2 aromatic rings. The molecule has 2 aliphatic heterocycles. The van der Waals surface area contributed by atoms with E-state index in [9.17, 15) is 0 Å². The number of ether oxygens (including phenoxy) is 1. The SMILES string of the molecule is CSCc1ccc(-c2cc3c(cn2)OC(C2CCNCC2)C3)cc1. The van der Waals surface area contributed by atoms with E-state index in [-0.39, 0.29) is 0 Å². The number of aromatic nitrogens is 1. The molecule has 3 heterocycles. The van der Waals surface area contributed by atoms with Crippen LogP contribution in [0.25, 0.3) is 11.3 Å². The van der Waals surface area contributed by atoms with Gasteiger partial charge in [0.2, 0.25) is 0 Å². The number of nitrogens with one attached hydrogen (secondary N) is 1. The Kier molecular flexibility index (Phi) is 4.76. The minimum Gasteiger partial charge on any atom is -0.488 e. The molecule has 0 amide bonds. The third-order valence-electron chi connectivity index (χ3n) is 5.12. The maximum absolute atomic E-state index is 6.20. The topological polar surface area (TPSA) is 34.1 Å². The van der Waals surface area contributed by atoms with Crippen molar-refractivity contribution in [3.05, 3.63) is 47.7 Å². The van der Waals surface area contributed by atoms with Crippen LogP contribution in [-0.2, 0) is 12.2 Å². The number of nitrogens with zero attached hydrogens (tertiary/aromatic N) is 1. The standard InChI is InChI=1S/C20H24N2OS/c1-24-13-14-2-4-15(5-3-14)18-10-17-11-19(23-20(17)12-22-18)16-6-8-21-9-7-16/h2-5,10,12,16,19,21H,6-9,11,13H2,1H3. The van der Waals surface area contributed by atoms with Crippen LogP contribution in [0.4, 0.5) is 0 Å². The van der Waals surface area contributed by atoms with Gasteiger partial charge in [0.25, 0.3) is 0 Å². The van der Waals surface area contributed by atoms with Crippen LogP contribution < -0.4 is 10.1 Å². The molecule has 1 saturated heterocycles. The highest BCUT2D eigenvalue weighted by Gasteiger charge is 2.31. The third kappa shape index (κ3) is 3.31. The summed E-state index contributed by atoms with van der Waals surface area (Å²) in [6.45, 7) is 2.24. The van der Waals surface area contributed by atoms with Crippen molar-refractivity contribution in [2.45, 2.75) is 31.1 Å². The van der Waals surface area contributed by atoms with Gasteiger partial charge in [-0.05, 0) is 49.7 Å². The highest BCUT2D eigenvalue weighted by atomic mass is 32.2. The number of thioether (sulfide) groups is 1. The van der Waals surface area contributed by atoms with Crippen molar-refractivity contribution in [3.63, 3.8) is 0 Å². The molecule has 4 heteroatoms. The maximum Gasteiger partial charge on any atom is 0.141 e. The zero-order valence-corrected chi connectivity index (χ0v) is 14.9. The van der Waals surface area contributed by atoms with Crippen LogP contribution in [0.15, 0.2) is 36.5 Å². The zero-order chi connectivity index (χ0) is 16.4. The molecule has 1 atom stereocenters. The smallest absolute Gasteiger partial charge is 0.141 e. The third-order valence-corrected chi connectivity index (χ3v) is 5.74. The number of hydrogen-bond donors (Lipinski definition) is 1. The molecular formula is C20H24N2OS. The summed E-state index contributed by atoms with van der Waals surface area (Å²) in [7, 11) is 0. The molecule has 1 aromatic carbocycles. The summed E-state index contributed by atoms with van der Waals surface area (Å²) >= 11 is 1.85. The van der Waals surface area contributed by atoms with Crippen molar-refractivity contribution in [2.24, 2.45) is 5.92 Å². The van der Waals surface area contributed by atoms with Gasteiger partial charge in [0.05, 0.1) is 11.9 Å². The first-order chi connectivity index (χ1) is 11.8. The molecule has 0 aliphatic carbocycles. The van der Waals surface area contributed by atoms with E-state index in [4.69, 9.17) is 4.74 Å². The largest absolute Gasteiger partial charge is 0.488 e. The quantitative estimate of drug-likeness (QED) is 0.915. The van der Waals surface area contributed by atoms with Crippen LogP contribution >= 0.6 is 11.8 Å². The Labute approximate surface area is 148 Å². The monoisotopic (exact) mass is 340 g/mol. The summed E-state index contributed by atoms with van der Waals surface area (Å²) in [6.07, 6.45) is 7.85. The number of pyridine rings is 1. The number of benzene rings is 1. The van der Waals surface area contributed by atoms with E-state index in [1.807, 2.05) is 18.0 Å². The molecule has 24 heavy (non-hydrogen) atoms. The molecule has 1 aromatic heterocycles. The van der Waals surface area contributed by atoms with E-state index in [2.05, 4.69) is 46.9 Å². The number of hydrogen-bond acceptors (Lipinski definition) is 4. The maximum atomic E-state index is 6.20. The Hall–Kier alpha value is -1.52. The van der Waals surface area contributed by atoms with Crippen molar-refractivity contribution in [2.75, 3.05) is 19.3 Å². The van der Waals surface area contributed by atoms with Gasteiger partial charge in [-0.25, -0.2) is 0 Å². The number of piperidine rings is 1. The van der Waals surface area contributed by atoms with Gasteiger partial charge in [-0.1, -0.05) is 24.3 Å². The lowest BCUT2D eigenvalue weighted by Crippen LogP contribution is -2.36. The summed E-state index contributed by atoms with van der Waals surface area (Å²) < 4.78 is 6.20. The second-order valence-electron chi connectivity index (χ2n) is 6.76. The van der Waals surface area contributed by atoms with E-state index in [1.165, 1.54) is 29.5 Å². The fourth-order valence-electron chi connectivity index (χ4n) is 3.75. The second kappa shape index (κ2) is 7.16. The van der Waals surface area contributed by atoms with Gasteiger partial charge in [-0.2, -0.15) is 11.8 Å². The Bertz CT molecular complexity index is 695. The number of rotatable bonds is 4. The van der Waals surface area contributed by atoms with Gasteiger partial charge in [-0.3, -0.25) is 4.98 Å². The minimum atomic E-state index is 0.336. The molecule has 2 aliphatic rings. The lowest BCUT2D eigenvalue weighted by molar-refractivity contribution is 0.133. The lowest BCUT2D eigenvalue weighted by atomic mass is 9.90. The molecular weight excluding hydrogens is 316 g/mol. The van der Waals surface area contributed by atoms with Crippen LogP contribution in [0.1, 0.15) is 24.0 Å². The predicted molar refractivity (Wildman–Crippen MR) is 101 cm³/mol. The first-order valence-electron chi connectivity index (χ1n) is 8.78. The molecule has 126 valence electrons. The van der Waals surface area contributed by atoms with Crippen molar-refractivity contribution < 1.29 is 4.74 Å². The van der Waals surface area contributed by atoms with Gasteiger partial charge < -0.3 is 10.1 Å². The predicted octanol–water partition coefficient (Wildman–Crippen LogP) is 3.91. The summed E-state index contributed by atoms with van der Waals surface area (Å²) in [4.78, 5) is 4.63. The average molecular weight is 340 g/mol. The first-order valence-corrected chi connectivity index (χ1v) is 10.2. The van der Waals surface area contributed by atoms with Crippen LogP contribution in [0, 0.1) is 5.92 Å². The van der Waals surface area contributed by atoms with E-state index < -0.39 is 0 Å². The summed E-state index contributed by atoms with van der Waals surface area (Å²) in [5.41, 5.74) is 4.92. The van der Waals surface area contributed by atoms with Gasteiger partial charge in [-0.15, -0.1) is 0 Å². The molecule has 0 saturated carbocycles. The van der Waals surface area contributed by atoms with Crippen LogP contribution in [0.3, 0.4) is 0 Å². The minimum absolute atomic E-state index is 0.336. The lowest BCUT2D eigenvalue weighted by Gasteiger charge is -2.27. The van der Waals surface area contributed by atoms with Crippen molar-refractivity contribution in [1.82, 2.24) is 10.3 Å². The highest BCUT2D eigenvalue weighted by Crippen LogP contribution is 2.35. The molecule has 4 rings (SSSR count). The summed E-state index contributed by atoms with van der Waals surface area (Å²) in [6, 6.07) is 11.0. The van der Waals surface area contributed by atoms with Gasteiger partial charge in [0.15, 0.2) is 0 Å². The molecule has 1 unspecified atom stereocenters. The van der Waals surface area contributed by atoms with E-state index in [1.54, 1.807) is 0 Å². The summed E-state index contributed by atoms with van der Waals surface area (Å²) in [5, 5.41) is 3.43. The zero-order valence-electron chi connectivity index (χ0n) is 14.1. The molecule has 3 nitrogen and oxygen atoms in total. The van der Waals surface area contributed by atoms with E-state index >= 15 is 0 Å². The molecule has 1 fully saturated rings. The van der Waals surface area contributed by atoms with Gasteiger partial charge in [0, 0.05) is 23.3 Å². The van der Waals surface area contributed by atoms with Crippen molar-refractivity contribution in [1.29, 1.82) is 0 Å². The van der Waals surface area contributed by atoms with Crippen LogP contribution in [0.2, 0.25) is 0 Å². The Morgan fingerprint density at radius 1 is 1.21 bits per heavy atom. The molecule has 0 radical (unpaired) electrons. The van der Waals surface area contributed by atoms with Crippen molar-refractivity contribution >= 4 is 11.8 Å². The average Bonchev–Trinajstić information content (AvgIpc) is 3.07. The second-order valence-corrected chi connectivity index (χ2v) is 7.62. The molecule has 1 N–H and O–H groups in total.